The molecule has 1 fully saturated rings. The maximum absolute atomic E-state index is 12.9. The van der Waals surface area contributed by atoms with Crippen molar-refractivity contribution in [1.82, 2.24) is 4.31 Å². The van der Waals surface area contributed by atoms with Crippen molar-refractivity contribution in [2.45, 2.75) is 31.3 Å². The predicted molar refractivity (Wildman–Crippen MR) is 105 cm³/mol. The summed E-state index contributed by atoms with van der Waals surface area (Å²) in [5, 5.41) is 11.5. The van der Waals surface area contributed by atoms with E-state index < -0.39 is 14.9 Å². The van der Waals surface area contributed by atoms with Gasteiger partial charge in [-0.15, -0.1) is 0 Å². The van der Waals surface area contributed by atoms with E-state index in [1.807, 2.05) is 37.3 Å². The van der Waals surface area contributed by atoms with E-state index in [0.717, 1.165) is 24.5 Å². The van der Waals surface area contributed by atoms with Gasteiger partial charge in [0.2, 0.25) is 10.0 Å². The summed E-state index contributed by atoms with van der Waals surface area (Å²) in [6.45, 7) is 3.07. The van der Waals surface area contributed by atoms with Gasteiger partial charge in [0, 0.05) is 19.2 Å². The topological polar surface area (TPSA) is 102 Å². The van der Waals surface area contributed by atoms with Crippen LogP contribution in [0.1, 0.15) is 25.3 Å². The van der Waals surface area contributed by atoms with Crippen molar-refractivity contribution >= 4 is 21.4 Å². The molecule has 0 aliphatic carbocycles. The van der Waals surface area contributed by atoms with Crippen LogP contribution in [0.2, 0.25) is 0 Å². The van der Waals surface area contributed by atoms with Gasteiger partial charge in [0.15, 0.2) is 0 Å². The van der Waals surface area contributed by atoms with Crippen molar-refractivity contribution < 1.29 is 18.2 Å². The number of anilines is 1. The highest BCUT2D eigenvalue weighted by Gasteiger charge is 2.30. The van der Waals surface area contributed by atoms with E-state index in [2.05, 4.69) is 5.48 Å². The third-order valence-corrected chi connectivity index (χ3v) is 6.55. The molecular formula is C19H23N3O5S. The molecule has 2 aromatic carbocycles. The smallest absolute Gasteiger partial charge is 0.271 e. The Morgan fingerprint density at radius 1 is 1.25 bits per heavy atom. The number of hydrogen-bond donors (Lipinski definition) is 1. The van der Waals surface area contributed by atoms with Crippen molar-refractivity contribution in [2.75, 3.05) is 18.6 Å². The van der Waals surface area contributed by atoms with Crippen LogP contribution in [-0.4, -0.2) is 30.7 Å². The van der Waals surface area contributed by atoms with Crippen LogP contribution < -0.4 is 5.48 Å². The van der Waals surface area contributed by atoms with Crippen LogP contribution in [0.4, 0.5) is 11.4 Å². The zero-order valence-electron chi connectivity index (χ0n) is 15.6. The van der Waals surface area contributed by atoms with E-state index >= 15 is 0 Å². The molecule has 1 saturated heterocycles. The standard InChI is InChI=1S/C19H23N3O5S/c1-15-6-5-11-21(13-15)28(25,26)17-9-10-18(19(12-17)22(23)24)20-27-14-16-7-3-2-4-8-16/h2-4,7-10,12,15,20H,5-6,11,13-14H2,1H3/t15-/m1/s1. The van der Waals surface area contributed by atoms with Gasteiger partial charge in [0.25, 0.3) is 5.69 Å². The predicted octanol–water partition coefficient (Wildman–Crippen LogP) is 3.56. The van der Waals surface area contributed by atoms with Gasteiger partial charge in [-0.1, -0.05) is 37.3 Å². The van der Waals surface area contributed by atoms with Crippen LogP contribution in [0.3, 0.4) is 0 Å². The molecule has 0 spiro atoms. The first-order valence-electron chi connectivity index (χ1n) is 9.08. The number of nitrogens with zero attached hydrogens (tertiary/aromatic N) is 2. The Labute approximate surface area is 164 Å². The molecule has 0 aromatic heterocycles. The van der Waals surface area contributed by atoms with Crippen LogP contribution in [0, 0.1) is 16.0 Å². The summed E-state index contributed by atoms with van der Waals surface area (Å²) in [6, 6.07) is 13.2. The third-order valence-electron chi connectivity index (χ3n) is 4.69. The van der Waals surface area contributed by atoms with Crippen LogP contribution in [0.25, 0.3) is 0 Å². The van der Waals surface area contributed by atoms with Gasteiger partial charge >= 0.3 is 0 Å². The minimum Gasteiger partial charge on any atom is -0.271 e. The molecule has 0 bridgehead atoms. The number of rotatable bonds is 7. The second-order valence-electron chi connectivity index (χ2n) is 6.92. The van der Waals surface area contributed by atoms with Gasteiger partial charge in [0.1, 0.15) is 5.69 Å². The Balaban J connectivity index is 1.77. The average molecular weight is 405 g/mol. The normalized spacial score (nSPS) is 18.0. The fourth-order valence-electron chi connectivity index (χ4n) is 3.19. The highest BCUT2D eigenvalue weighted by atomic mass is 32.2. The second kappa shape index (κ2) is 8.68. The first-order valence-corrected chi connectivity index (χ1v) is 10.5. The number of nitrogens with one attached hydrogen (secondary N) is 1. The molecule has 3 rings (SSSR count). The van der Waals surface area contributed by atoms with E-state index in [1.165, 1.54) is 16.4 Å². The Kier molecular flexibility index (Phi) is 6.28. The fourth-order valence-corrected chi connectivity index (χ4v) is 4.81. The molecular weight excluding hydrogens is 382 g/mol. The van der Waals surface area contributed by atoms with Crippen molar-refractivity contribution in [3.63, 3.8) is 0 Å². The quantitative estimate of drug-likeness (QED) is 0.558. The van der Waals surface area contributed by atoms with Crippen LogP contribution in [-0.2, 0) is 21.5 Å². The van der Waals surface area contributed by atoms with Crippen LogP contribution in [0.5, 0.6) is 0 Å². The Morgan fingerprint density at radius 2 is 2.00 bits per heavy atom. The molecule has 1 N–H and O–H groups in total. The van der Waals surface area contributed by atoms with Gasteiger partial charge in [0.05, 0.1) is 16.4 Å². The van der Waals surface area contributed by atoms with Gasteiger partial charge in [-0.2, -0.15) is 4.31 Å². The molecule has 1 aliphatic heterocycles. The zero-order valence-corrected chi connectivity index (χ0v) is 16.4. The van der Waals surface area contributed by atoms with E-state index in [1.54, 1.807) is 0 Å². The maximum atomic E-state index is 12.9. The summed E-state index contributed by atoms with van der Waals surface area (Å²) < 4.78 is 27.1. The first kappa shape index (κ1) is 20.2. The Morgan fingerprint density at radius 3 is 2.68 bits per heavy atom. The Hall–Kier alpha value is -2.49. The number of nitro groups is 1. The number of hydrogen-bond acceptors (Lipinski definition) is 6. The summed E-state index contributed by atoms with van der Waals surface area (Å²) in [5.41, 5.74) is 3.21. The molecule has 0 saturated carbocycles. The molecule has 2 aromatic rings. The number of nitro benzene ring substituents is 1. The van der Waals surface area contributed by atoms with E-state index in [0.29, 0.717) is 13.1 Å². The molecule has 150 valence electrons. The van der Waals surface area contributed by atoms with Crippen LogP contribution >= 0.6 is 0 Å². The highest BCUT2D eigenvalue weighted by molar-refractivity contribution is 7.89. The summed E-state index contributed by atoms with van der Waals surface area (Å²) in [5.74, 6) is 0.269. The number of sulfonamides is 1. The minimum absolute atomic E-state index is 0.0816. The monoisotopic (exact) mass is 405 g/mol. The summed E-state index contributed by atoms with van der Waals surface area (Å²) in [7, 11) is -3.77. The largest absolute Gasteiger partial charge is 0.295 e. The SMILES string of the molecule is C[C@@H]1CCCN(S(=O)(=O)c2ccc(NOCc3ccccc3)c([N+](=O)[O-])c2)C1. The van der Waals surface area contributed by atoms with Crippen molar-refractivity contribution in [3.8, 4) is 0 Å². The van der Waals surface area contributed by atoms with Gasteiger partial charge < -0.3 is 0 Å². The second-order valence-corrected chi connectivity index (χ2v) is 8.86. The molecule has 0 amide bonds. The lowest BCUT2D eigenvalue weighted by molar-refractivity contribution is -0.384. The molecule has 0 unspecified atom stereocenters. The van der Waals surface area contributed by atoms with Crippen molar-refractivity contribution in [1.29, 1.82) is 0 Å². The molecule has 28 heavy (non-hydrogen) atoms. The molecule has 0 radical (unpaired) electrons. The first-order chi connectivity index (χ1) is 13.4. The fraction of sp³-hybridized carbons (Fsp3) is 0.368. The number of piperidine rings is 1. The van der Waals surface area contributed by atoms with E-state index in [9.17, 15) is 18.5 Å². The Bertz CT molecular complexity index is 934. The molecule has 9 heteroatoms. The third kappa shape index (κ3) is 4.67. The van der Waals surface area contributed by atoms with E-state index in [4.69, 9.17) is 4.84 Å². The lowest BCUT2D eigenvalue weighted by atomic mass is 10.0. The summed E-state index contributed by atoms with van der Waals surface area (Å²) in [4.78, 5) is 16.1. The summed E-state index contributed by atoms with van der Waals surface area (Å²) in [6.07, 6.45) is 1.77. The average Bonchev–Trinajstić information content (AvgIpc) is 2.68. The van der Waals surface area contributed by atoms with Crippen molar-refractivity contribution in [3.05, 3.63) is 64.2 Å². The van der Waals surface area contributed by atoms with E-state index in [-0.39, 0.29) is 28.8 Å². The van der Waals surface area contributed by atoms with Gasteiger partial charge in [-0.3, -0.25) is 20.4 Å². The zero-order chi connectivity index (χ0) is 20.1. The highest BCUT2D eigenvalue weighted by Crippen LogP contribution is 2.30. The van der Waals surface area contributed by atoms with Gasteiger partial charge in [-0.25, -0.2) is 8.42 Å². The van der Waals surface area contributed by atoms with Gasteiger partial charge in [-0.05, 0) is 36.5 Å². The molecule has 1 atom stereocenters. The minimum atomic E-state index is -3.77. The molecule has 1 aliphatic rings. The van der Waals surface area contributed by atoms with Crippen molar-refractivity contribution in [2.24, 2.45) is 5.92 Å². The lowest BCUT2D eigenvalue weighted by Gasteiger charge is -2.30. The van der Waals surface area contributed by atoms with Crippen LogP contribution in [0.15, 0.2) is 53.4 Å². The molecule has 1 heterocycles. The molecule has 8 nitrogen and oxygen atoms in total. The lowest BCUT2D eigenvalue weighted by Crippen LogP contribution is -2.39. The maximum Gasteiger partial charge on any atom is 0.295 e. The number of benzene rings is 2. The summed E-state index contributed by atoms with van der Waals surface area (Å²) >= 11 is 0.